The van der Waals surface area contributed by atoms with Crippen molar-refractivity contribution < 1.29 is 9.59 Å². The highest BCUT2D eigenvalue weighted by Crippen LogP contribution is 2.11. The molecule has 2 amide bonds. The standard InChI is InChI=1S/C18H26N2O2/c21-17(12-11-16-8-3-1-4-9-16)19-13-7-15-20-14-6-2-5-10-18(20)22/h1,3-4,8-9H,2,5-7,10-15H2,(H,19,21). The van der Waals surface area contributed by atoms with E-state index in [0.29, 0.717) is 19.4 Å². The summed E-state index contributed by atoms with van der Waals surface area (Å²) in [5, 5.41) is 2.95. The Morgan fingerprint density at radius 3 is 2.77 bits per heavy atom. The quantitative estimate of drug-likeness (QED) is 0.787. The summed E-state index contributed by atoms with van der Waals surface area (Å²) in [6.45, 7) is 2.29. The molecule has 0 bridgehead atoms. The molecule has 1 heterocycles. The Kier molecular flexibility index (Phi) is 6.94. The monoisotopic (exact) mass is 302 g/mol. The first kappa shape index (κ1) is 16.5. The Morgan fingerprint density at radius 2 is 1.95 bits per heavy atom. The van der Waals surface area contributed by atoms with Crippen molar-refractivity contribution in [3.63, 3.8) is 0 Å². The summed E-state index contributed by atoms with van der Waals surface area (Å²) in [5.74, 6) is 0.360. The molecule has 1 aliphatic heterocycles. The topological polar surface area (TPSA) is 49.4 Å². The lowest BCUT2D eigenvalue weighted by Crippen LogP contribution is -2.34. The zero-order valence-electron chi connectivity index (χ0n) is 13.2. The Balaban J connectivity index is 1.57. The summed E-state index contributed by atoms with van der Waals surface area (Å²) in [4.78, 5) is 25.6. The third-order valence-corrected chi connectivity index (χ3v) is 4.08. The van der Waals surface area contributed by atoms with Crippen molar-refractivity contribution in [3.05, 3.63) is 35.9 Å². The lowest BCUT2D eigenvalue weighted by molar-refractivity contribution is -0.130. The van der Waals surface area contributed by atoms with Gasteiger partial charge in [-0.1, -0.05) is 36.8 Å². The fraction of sp³-hybridized carbons (Fsp3) is 0.556. The van der Waals surface area contributed by atoms with Gasteiger partial charge in [-0.05, 0) is 31.2 Å². The van der Waals surface area contributed by atoms with E-state index in [-0.39, 0.29) is 11.8 Å². The highest BCUT2D eigenvalue weighted by atomic mass is 16.2. The number of hydrogen-bond donors (Lipinski definition) is 1. The molecule has 0 aliphatic carbocycles. The van der Waals surface area contributed by atoms with Gasteiger partial charge in [0.2, 0.25) is 11.8 Å². The third-order valence-electron chi connectivity index (χ3n) is 4.08. The van der Waals surface area contributed by atoms with Crippen molar-refractivity contribution in [1.29, 1.82) is 0 Å². The summed E-state index contributed by atoms with van der Waals surface area (Å²) in [5.41, 5.74) is 1.19. The zero-order chi connectivity index (χ0) is 15.6. The Morgan fingerprint density at radius 1 is 1.14 bits per heavy atom. The van der Waals surface area contributed by atoms with Crippen LogP contribution in [0.1, 0.15) is 44.1 Å². The number of likely N-dealkylation sites (tertiary alicyclic amines) is 1. The molecule has 4 heteroatoms. The predicted octanol–water partition coefficient (Wildman–Crippen LogP) is 2.53. The molecule has 0 spiro atoms. The van der Waals surface area contributed by atoms with Crippen LogP contribution >= 0.6 is 0 Å². The second-order valence-corrected chi connectivity index (χ2v) is 5.88. The van der Waals surface area contributed by atoms with Gasteiger partial charge in [-0.25, -0.2) is 0 Å². The van der Waals surface area contributed by atoms with Gasteiger partial charge in [-0.3, -0.25) is 9.59 Å². The second-order valence-electron chi connectivity index (χ2n) is 5.88. The number of benzene rings is 1. The van der Waals surface area contributed by atoms with Crippen molar-refractivity contribution in [1.82, 2.24) is 10.2 Å². The van der Waals surface area contributed by atoms with Gasteiger partial charge in [0.15, 0.2) is 0 Å². The third kappa shape index (κ3) is 5.88. The van der Waals surface area contributed by atoms with Crippen LogP contribution in [0.5, 0.6) is 0 Å². The first-order valence-electron chi connectivity index (χ1n) is 8.34. The van der Waals surface area contributed by atoms with E-state index < -0.39 is 0 Å². The van der Waals surface area contributed by atoms with E-state index in [1.807, 2.05) is 35.2 Å². The molecular weight excluding hydrogens is 276 g/mol. The first-order valence-corrected chi connectivity index (χ1v) is 8.34. The van der Waals surface area contributed by atoms with Gasteiger partial charge < -0.3 is 10.2 Å². The molecule has 120 valence electrons. The average molecular weight is 302 g/mol. The number of hydrogen-bond acceptors (Lipinski definition) is 2. The molecule has 1 saturated heterocycles. The highest BCUT2D eigenvalue weighted by molar-refractivity contribution is 5.76. The molecule has 1 aromatic carbocycles. The van der Waals surface area contributed by atoms with Crippen LogP contribution in [0.25, 0.3) is 0 Å². The van der Waals surface area contributed by atoms with Crippen LogP contribution < -0.4 is 5.32 Å². The Labute approximate surface area is 132 Å². The molecule has 0 saturated carbocycles. The molecule has 0 aromatic heterocycles. The average Bonchev–Trinajstić information content (AvgIpc) is 2.75. The van der Waals surface area contributed by atoms with Gasteiger partial charge in [-0.2, -0.15) is 0 Å². The van der Waals surface area contributed by atoms with Crippen molar-refractivity contribution in [3.8, 4) is 0 Å². The van der Waals surface area contributed by atoms with Gasteiger partial charge in [0.05, 0.1) is 0 Å². The second kappa shape index (κ2) is 9.23. The van der Waals surface area contributed by atoms with Crippen LogP contribution in [-0.2, 0) is 16.0 Å². The van der Waals surface area contributed by atoms with Gasteiger partial charge >= 0.3 is 0 Å². The molecule has 2 rings (SSSR count). The number of aryl methyl sites for hydroxylation is 1. The zero-order valence-corrected chi connectivity index (χ0v) is 13.2. The summed E-state index contributed by atoms with van der Waals surface area (Å²) in [6.07, 6.45) is 6.09. The van der Waals surface area contributed by atoms with Crippen molar-refractivity contribution in [2.75, 3.05) is 19.6 Å². The van der Waals surface area contributed by atoms with Gasteiger partial charge in [0.25, 0.3) is 0 Å². The van der Waals surface area contributed by atoms with E-state index in [4.69, 9.17) is 0 Å². The van der Waals surface area contributed by atoms with Crippen molar-refractivity contribution in [2.45, 2.75) is 44.9 Å². The maximum atomic E-state index is 11.8. The smallest absolute Gasteiger partial charge is 0.222 e. The number of nitrogens with zero attached hydrogens (tertiary/aromatic N) is 1. The molecule has 0 unspecified atom stereocenters. The van der Waals surface area contributed by atoms with E-state index in [1.54, 1.807) is 0 Å². The minimum absolute atomic E-state index is 0.0889. The first-order chi connectivity index (χ1) is 10.8. The van der Waals surface area contributed by atoms with Gasteiger partial charge in [0.1, 0.15) is 0 Å². The maximum Gasteiger partial charge on any atom is 0.222 e. The van der Waals surface area contributed by atoms with Crippen LogP contribution in [0, 0.1) is 0 Å². The van der Waals surface area contributed by atoms with E-state index in [9.17, 15) is 9.59 Å². The number of rotatable bonds is 7. The Hall–Kier alpha value is -1.84. The minimum Gasteiger partial charge on any atom is -0.356 e. The van der Waals surface area contributed by atoms with Crippen LogP contribution in [0.2, 0.25) is 0 Å². The molecule has 1 aromatic rings. The van der Waals surface area contributed by atoms with Crippen LogP contribution in [-0.4, -0.2) is 36.3 Å². The number of nitrogens with one attached hydrogen (secondary N) is 1. The van der Waals surface area contributed by atoms with Gasteiger partial charge in [0, 0.05) is 32.5 Å². The number of carbonyl (C=O) groups excluding carboxylic acids is 2. The molecule has 0 atom stereocenters. The summed E-state index contributed by atoms with van der Waals surface area (Å²) in [6, 6.07) is 10.0. The minimum atomic E-state index is 0.0889. The van der Waals surface area contributed by atoms with Crippen LogP contribution in [0.3, 0.4) is 0 Å². The molecular formula is C18H26N2O2. The van der Waals surface area contributed by atoms with Crippen LogP contribution in [0.15, 0.2) is 30.3 Å². The maximum absolute atomic E-state index is 11.8. The van der Waals surface area contributed by atoms with E-state index >= 15 is 0 Å². The van der Waals surface area contributed by atoms with E-state index in [1.165, 1.54) is 5.56 Å². The fourth-order valence-corrected chi connectivity index (χ4v) is 2.76. The Bertz CT molecular complexity index is 473. The highest BCUT2D eigenvalue weighted by Gasteiger charge is 2.15. The fourth-order valence-electron chi connectivity index (χ4n) is 2.76. The lowest BCUT2D eigenvalue weighted by Gasteiger charge is -2.20. The molecule has 4 nitrogen and oxygen atoms in total. The summed E-state index contributed by atoms with van der Waals surface area (Å²) < 4.78 is 0. The molecule has 1 aliphatic rings. The molecule has 1 fully saturated rings. The van der Waals surface area contributed by atoms with E-state index in [0.717, 1.165) is 45.2 Å². The normalized spacial score (nSPS) is 15.5. The van der Waals surface area contributed by atoms with Crippen molar-refractivity contribution >= 4 is 11.8 Å². The van der Waals surface area contributed by atoms with E-state index in [2.05, 4.69) is 5.32 Å². The SMILES string of the molecule is O=C(CCc1ccccc1)NCCCN1CCCCCC1=O. The van der Waals surface area contributed by atoms with Crippen LogP contribution in [0.4, 0.5) is 0 Å². The summed E-state index contributed by atoms with van der Waals surface area (Å²) >= 11 is 0. The van der Waals surface area contributed by atoms with Gasteiger partial charge in [-0.15, -0.1) is 0 Å². The lowest BCUT2D eigenvalue weighted by atomic mass is 10.1. The van der Waals surface area contributed by atoms with Crippen molar-refractivity contribution in [2.24, 2.45) is 0 Å². The summed E-state index contributed by atoms with van der Waals surface area (Å²) in [7, 11) is 0. The molecule has 0 radical (unpaired) electrons. The number of carbonyl (C=O) groups is 2. The molecule has 22 heavy (non-hydrogen) atoms. The predicted molar refractivity (Wildman–Crippen MR) is 87.4 cm³/mol. The largest absolute Gasteiger partial charge is 0.356 e. The number of amides is 2. The molecule has 1 N–H and O–H groups in total.